The highest BCUT2D eigenvalue weighted by molar-refractivity contribution is 7.18. The molecule has 0 saturated heterocycles. The van der Waals surface area contributed by atoms with Crippen LogP contribution in [0.5, 0.6) is 5.88 Å². The van der Waals surface area contributed by atoms with E-state index in [-0.39, 0.29) is 5.16 Å². The number of hydrogen-bond acceptors (Lipinski definition) is 5. The molecule has 4 rings (SSSR count). The first kappa shape index (κ1) is 24.3. The quantitative estimate of drug-likeness (QED) is 0.382. The first-order chi connectivity index (χ1) is 15.7. The minimum Gasteiger partial charge on any atom is -0.477 e. The number of likely N-dealkylation sites (N-methyl/N-ethyl adjacent to an activating group) is 2. The Hall–Kier alpha value is -1.84. The van der Waals surface area contributed by atoms with E-state index in [1.165, 1.54) is 30.4 Å². The van der Waals surface area contributed by atoms with Gasteiger partial charge in [-0.2, -0.15) is 0 Å². The molecule has 0 spiro atoms. The third-order valence-corrected chi connectivity index (χ3v) is 7.19. The van der Waals surface area contributed by atoms with E-state index in [4.69, 9.17) is 4.74 Å². The Morgan fingerprint density at radius 3 is 2.67 bits per heavy atom. The highest BCUT2D eigenvalue weighted by Crippen LogP contribution is 2.42. The molecule has 180 valence electrons. The normalized spacial score (nSPS) is 24.1. The number of nitrogens with zero attached hydrogens (tertiary/aromatic N) is 4. The lowest BCUT2D eigenvalue weighted by Gasteiger charge is -2.42. The van der Waals surface area contributed by atoms with Crippen LogP contribution in [-0.2, 0) is 6.54 Å². The van der Waals surface area contributed by atoms with Gasteiger partial charge in [0.05, 0.1) is 25.2 Å². The molecule has 1 saturated carbocycles. The van der Waals surface area contributed by atoms with Crippen molar-refractivity contribution >= 4 is 9.24 Å². The summed E-state index contributed by atoms with van der Waals surface area (Å²) in [6, 6.07) is 2.89. The fourth-order valence-corrected chi connectivity index (χ4v) is 5.17. The van der Waals surface area contributed by atoms with E-state index in [1.54, 1.807) is 5.57 Å². The molecular weight excluding hydrogens is 427 g/mol. The number of rotatable bonds is 8. The van der Waals surface area contributed by atoms with Crippen LogP contribution in [0.4, 0.5) is 0 Å². The van der Waals surface area contributed by atoms with Crippen molar-refractivity contribution in [2.24, 2.45) is 5.92 Å². The molecule has 0 amide bonds. The third-order valence-electron chi connectivity index (χ3n) is 7.02. The maximum Gasteiger partial charge on any atom is 0.216 e. The smallest absolute Gasteiger partial charge is 0.216 e. The molecule has 3 heterocycles. The van der Waals surface area contributed by atoms with Gasteiger partial charge in [0.1, 0.15) is 0 Å². The van der Waals surface area contributed by atoms with Gasteiger partial charge in [0.2, 0.25) is 5.88 Å². The Morgan fingerprint density at radius 2 is 2.06 bits per heavy atom. The summed E-state index contributed by atoms with van der Waals surface area (Å²) in [4.78, 5) is 7.04. The summed E-state index contributed by atoms with van der Waals surface area (Å²) < 4.78 is 5.95. The maximum atomic E-state index is 5.95. The molecule has 1 aromatic rings. The number of hydrogen-bond donors (Lipinski definition) is 0. The zero-order chi connectivity index (χ0) is 23.8. The van der Waals surface area contributed by atoms with Crippen molar-refractivity contribution in [1.29, 1.82) is 0 Å². The second-order valence-electron chi connectivity index (χ2n) is 10.6. The standard InChI is InChI=1S/C27H41N4OP/c1-7-9-22(21-10-8-11-21)25-23-17-31(30(6)24(23)12-13-29(25)5)16-20-14-19(2)26(28-15-20)32-18-27(3,4)33/h9,12-15,17,21,24-25H,7-8,10-11,16,18,33H2,1-6H3/b22-9-. The predicted molar refractivity (Wildman–Crippen MR) is 140 cm³/mol. The van der Waals surface area contributed by atoms with Crippen LogP contribution in [-0.4, -0.2) is 57.8 Å². The minimum absolute atomic E-state index is 0.0370. The first-order valence-corrected chi connectivity index (χ1v) is 12.9. The average molecular weight is 469 g/mol. The van der Waals surface area contributed by atoms with Crippen LogP contribution >= 0.6 is 9.24 Å². The van der Waals surface area contributed by atoms with Gasteiger partial charge >= 0.3 is 0 Å². The van der Waals surface area contributed by atoms with Crippen molar-refractivity contribution < 1.29 is 4.74 Å². The molecule has 1 aliphatic carbocycles. The van der Waals surface area contributed by atoms with Gasteiger partial charge in [-0.25, -0.2) is 9.99 Å². The monoisotopic (exact) mass is 468 g/mol. The summed E-state index contributed by atoms with van der Waals surface area (Å²) >= 11 is 0. The number of aromatic nitrogens is 1. The number of hydrazine groups is 1. The molecule has 0 radical (unpaired) electrons. The van der Waals surface area contributed by atoms with Crippen LogP contribution in [0.2, 0.25) is 0 Å². The topological polar surface area (TPSA) is 31.8 Å². The van der Waals surface area contributed by atoms with Crippen molar-refractivity contribution in [3.8, 4) is 5.88 Å². The van der Waals surface area contributed by atoms with Crippen LogP contribution in [0.25, 0.3) is 0 Å². The Morgan fingerprint density at radius 1 is 1.30 bits per heavy atom. The molecule has 1 aromatic heterocycles. The van der Waals surface area contributed by atoms with Crippen molar-refractivity contribution in [2.75, 3.05) is 20.7 Å². The number of pyridine rings is 1. The van der Waals surface area contributed by atoms with Gasteiger partial charge in [-0.1, -0.05) is 33.3 Å². The summed E-state index contributed by atoms with van der Waals surface area (Å²) in [5.74, 6) is 1.48. The fourth-order valence-electron chi connectivity index (χ4n) is 5.08. The van der Waals surface area contributed by atoms with E-state index in [1.807, 2.05) is 6.20 Å². The molecule has 3 aliphatic rings. The predicted octanol–water partition coefficient (Wildman–Crippen LogP) is 5.30. The van der Waals surface area contributed by atoms with Gasteiger partial charge in [-0.3, -0.25) is 0 Å². The van der Waals surface area contributed by atoms with Crippen LogP contribution in [0, 0.1) is 12.8 Å². The second kappa shape index (κ2) is 9.80. The van der Waals surface area contributed by atoms with Crippen molar-refractivity contribution in [3.05, 3.63) is 59.1 Å². The molecule has 3 unspecified atom stereocenters. The van der Waals surface area contributed by atoms with Crippen LogP contribution in [0.1, 0.15) is 57.6 Å². The summed E-state index contributed by atoms with van der Waals surface area (Å²) in [5.41, 5.74) is 5.40. The Kier molecular flexibility index (Phi) is 7.21. The SMILES string of the molecule is CC/C=C(/C1CCC1)C1C2=CN(Cc3cnc(OCC(C)(C)P)c(C)c3)N(C)C2C=CN1C. The summed E-state index contributed by atoms with van der Waals surface area (Å²) in [6.07, 6.45) is 16.6. The lowest BCUT2D eigenvalue weighted by Crippen LogP contribution is -2.45. The van der Waals surface area contributed by atoms with Gasteiger partial charge in [0.15, 0.2) is 0 Å². The molecular formula is C27H41N4OP. The molecule has 0 bridgehead atoms. The van der Waals surface area contributed by atoms with Crippen molar-refractivity contribution in [1.82, 2.24) is 19.9 Å². The van der Waals surface area contributed by atoms with Gasteiger partial charge in [-0.15, -0.1) is 9.24 Å². The molecule has 33 heavy (non-hydrogen) atoms. The lowest BCUT2D eigenvalue weighted by atomic mass is 9.73. The largest absolute Gasteiger partial charge is 0.477 e. The molecule has 3 atom stereocenters. The Balaban J connectivity index is 1.53. The number of fused-ring (bicyclic) bond motifs is 1. The zero-order valence-corrected chi connectivity index (χ0v) is 22.4. The molecule has 5 nitrogen and oxygen atoms in total. The highest BCUT2D eigenvalue weighted by atomic mass is 31.0. The molecule has 2 aliphatic heterocycles. The molecule has 6 heteroatoms. The maximum absolute atomic E-state index is 5.95. The molecule has 0 N–H and O–H groups in total. The lowest BCUT2D eigenvalue weighted by molar-refractivity contribution is 0.0492. The third kappa shape index (κ3) is 5.30. The van der Waals surface area contributed by atoms with Gasteiger partial charge in [0.25, 0.3) is 0 Å². The van der Waals surface area contributed by atoms with Gasteiger partial charge in [-0.05, 0) is 67.2 Å². The van der Waals surface area contributed by atoms with Crippen LogP contribution in [0.3, 0.4) is 0 Å². The zero-order valence-electron chi connectivity index (χ0n) is 21.2. The average Bonchev–Trinajstić information content (AvgIpc) is 3.00. The van der Waals surface area contributed by atoms with E-state index in [0.29, 0.717) is 18.7 Å². The molecule has 0 aromatic carbocycles. The minimum atomic E-state index is 0.0370. The van der Waals surface area contributed by atoms with Crippen molar-refractivity contribution in [3.63, 3.8) is 0 Å². The Labute approximate surface area is 202 Å². The van der Waals surface area contributed by atoms with Crippen molar-refractivity contribution in [2.45, 2.75) is 77.2 Å². The molecule has 1 fully saturated rings. The first-order valence-electron chi connectivity index (χ1n) is 12.4. The number of allylic oxidation sites excluding steroid dienone is 1. The van der Waals surface area contributed by atoms with Crippen LogP contribution in [0.15, 0.2) is 48.0 Å². The van der Waals surface area contributed by atoms with E-state index in [2.05, 4.69) is 102 Å². The van der Waals surface area contributed by atoms with E-state index in [0.717, 1.165) is 30.3 Å². The fraction of sp³-hybridized carbons (Fsp3) is 0.593. The number of ether oxygens (including phenoxy) is 1. The summed E-state index contributed by atoms with van der Waals surface area (Å²) in [7, 11) is 7.25. The van der Waals surface area contributed by atoms with E-state index >= 15 is 0 Å². The van der Waals surface area contributed by atoms with E-state index < -0.39 is 0 Å². The van der Waals surface area contributed by atoms with Crippen LogP contribution < -0.4 is 4.74 Å². The summed E-state index contributed by atoms with van der Waals surface area (Å²) in [6.45, 7) is 10.1. The summed E-state index contributed by atoms with van der Waals surface area (Å²) in [5, 5.41) is 4.76. The highest BCUT2D eigenvalue weighted by Gasteiger charge is 2.40. The van der Waals surface area contributed by atoms with Gasteiger partial charge in [0, 0.05) is 37.2 Å². The van der Waals surface area contributed by atoms with Gasteiger partial charge < -0.3 is 14.6 Å². The number of aryl methyl sites for hydroxylation is 1. The second-order valence-corrected chi connectivity index (χ2v) is 12.2. The van der Waals surface area contributed by atoms with E-state index in [9.17, 15) is 0 Å². The Bertz CT molecular complexity index is 944.